The Morgan fingerprint density at radius 1 is 1.38 bits per heavy atom. The van der Waals surface area contributed by atoms with Crippen molar-refractivity contribution in [1.29, 1.82) is 5.26 Å². The monoisotopic (exact) mass is 327 g/mol. The van der Waals surface area contributed by atoms with E-state index in [9.17, 15) is 9.59 Å². The van der Waals surface area contributed by atoms with Gasteiger partial charge in [0, 0.05) is 33.2 Å². The van der Waals surface area contributed by atoms with Gasteiger partial charge in [0.2, 0.25) is 11.8 Å². The smallest absolute Gasteiger partial charge is 0.241 e. The van der Waals surface area contributed by atoms with Crippen LogP contribution in [0.15, 0.2) is 18.2 Å². The fourth-order valence-corrected chi connectivity index (χ4v) is 3.38. The van der Waals surface area contributed by atoms with Gasteiger partial charge in [0.25, 0.3) is 0 Å². The summed E-state index contributed by atoms with van der Waals surface area (Å²) < 4.78 is 0. The summed E-state index contributed by atoms with van der Waals surface area (Å²) in [7, 11) is 3.40. The highest BCUT2D eigenvalue weighted by atomic mass is 16.2. The summed E-state index contributed by atoms with van der Waals surface area (Å²) in [5.74, 6) is 0.596. The Hall–Kier alpha value is -2.62. The lowest BCUT2D eigenvalue weighted by Crippen LogP contribution is -2.51. The second kappa shape index (κ2) is 6.48. The molecule has 1 aromatic heterocycles. The van der Waals surface area contributed by atoms with Gasteiger partial charge < -0.3 is 14.7 Å². The number of pyridine rings is 1. The van der Waals surface area contributed by atoms with Gasteiger partial charge in [0.1, 0.15) is 24.1 Å². The predicted octanol–water partition coefficient (Wildman–Crippen LogP) is 0.469. The molecule has 3 fully saturated rings. The van der Waals surface area contributed by atoms with Crippen LogP contribution in [-0.4, -0.2) is 66.4 Å². The number of nitriles is 1. The number of aromatic nitrogens is 1. The molecule has 7 heteroatoms. The lowest BCUT2D eigenvalue weighted by atomic mass is 9.94. The largest absolute Gasteiger partial charge is 0.354 e. The molecule has 0 aliphatic carbocycles. The Balaban J connectivity index is 1.83. The van der Waals surface area contributed by atoms with Crippen molar-refractivity contribution in [2.75, 3.05) is 38.6 Å². The third kappa shape index (κ3) is 3.04. The van der Waals surface area contributed by atoms with E-state index in [0.29, 0.717) is 18.8 Å². The van der Waals surface area contributed by atoms with Crippen LogP contribution < -0.4 is 4.90 Å². The zero-order chi connectivity index (χ0) is 17.3. The molecule has 2 bridgehead atoms. The molecular formula is C17H21N5O2. The van der Waals surface area contributed by atoms with Crippen molar-refractivity contribution in [1.82, 2.24) is 14.8 Å². The Morgan fingerprint density at radius 3 is 2.88 bits per heavy atom. The number of rotatable bonds is 3. The standard InChI is InChI=1S/C17H21N5O2/c1-20(2)16(23)11-22-14-7-6-12(17(22)24)9-21(10-14)15-5-3-4-13(8-18)19-15/h3-5,12,14H,6-7,9-11H2,1-2H3. The van der Waals surface area contributed by atoms with Crippen molar-refractivity contribution >= 4 is 17.6 Å². The fourth-order valence-electron chi connectivity index (χ4n) is 3.38. The average Bonchev–Trinajstić information content (AvgIpc) is 2.87. The summed E-state index contributed by atoms with van der Waals surface area (Å²) in [5, 5.41) is 9.03. The molecule has 24 heavy (non-hydrogen) atoms. The minimum atomic E-state index is -0.119. The van der Waals surface area contributed by atoms with E-state index in [1.54, 1.807) is 25.1 Å². The van der Waals surface area contributed by atoms with Crippen LogP contribution in [0, 0.1) is 17.2 Å². The van der Waals surface area contributed by atoms with Crippen LogP contribution >= 0.6 is 0 Å². The number of nitrogens with zero attached hydrogens (tertiary/aromatic N) is 5. The van der Waals surface area contributed by atoms with E-state index < -0.39 is 0 Å². The molecule has 0 N–H and O–H groups in total. The SMILES string of the molecule is CN(C)C(=O)CN1C(=O)C2CCC1CN(c1cccc(C#N)n1)C2. The molecule has 2 atom stereocenters. The molecule has 3 aliphatic heterocycles. The fraction of sp³-hybridized carbons (Fsp3) is 0.529. The zero-order valence-corrected chi connectivity index (χ0v) is 14.0. The molecule has 0 spiro atoms. The highest BCUT2D eigenvalue weighted by Gasteiger charge is 2.41. The van der Waals surface area contributed by atoms with Crippen LogP contribution in [0.1, 0.15) is 18.5 Å². The molecule has 3 saturated heterocycles. The summed E-state index contributed by atoms with van der Waals surface area (Å²) in [6.45, 7) is 1.36. The van der Waals surface area contributed by atoms with Crippen LogP contribution in [0.4, 0.5) is 5.82 Å². The lowest BCUT2D eigenvalue weighted by Gasteiger charge is -2.35. The van der Waals surface area contributed by atoms with Gasteiger partial charge in [0.15, 0.2) is 0 Å². The number of amides is 2. The number of carbonyl (C=O) groups is 2. The van der Waals surface area contributed by atoms with E-state index in [-0.39, 0.29) is 30.3 Å². The maximum absolute atomic E-state index is 12.7. The molecule has 3 aliphatic rings. The van der Waals surface area contributed by atoms with Gasteiger partial charge in [-0.15, -0.1) is 0 Å². The van der Waals surface area contributed by atoms with E-state index in [2.05, 4.69) is 16.0 Å². The van der Waals surface area contributed by atoms with E-state index in [4.69, 9.17) is 5.26 Å². The maximum Gasteiger partial charge on any atom is 0.241 e. The first kappa shape index (κ1) is 16.2. The molecule has 126 valence electrons. The van der Waals surface area contributed by atoms with Crippen molar-refractivity contribution in [3.63, 3.8) is 0 Å². The van der Waals surface area contributed by atoms with Crippen LogP contribution in [0.5, 0.6) is 0 Å². The van der Waals surface area contributed by atoms with Gasteiger partial charge in [-0.25, -0.2) is 4.98 Å². The molecule has 1 aromatic rings. The number of fused-ring (bicyclic) bond motifs is 4. The second-order valence-corrected chi connectivity index (χ2v) is 6.58. The highest BCUT2D eigenvalue weighted by Crippen LogP contribution is 2.31. The summed E-state index contributed by atoms with van der Waals surface area (Å²) in [6.07, 6.45) is 1.73. The molecule has 0 aromatic carbocycles. The molecule has 2 amide bonds. The highest BCUT2D eigenvalue weighted by molar-refractivity contribution is 5.87. The quantitative estimate of drug-likeness (QED) is 0.806. The van der Waals surface area contributed by atoms with Gasteiger partial charge in [-0.05, 0) is 25.0 Å². The Morgan fingerprint density at radius 2 is 2.17 bits per heavy atom. The minimum absolute atomic E-state index is 0.00712. The average molecular weight is 327 g/mol. The molecular weight excluding hydrogens is 306 g/mol. The number of hydrogen-bond acceptors (Lipinski definition) is 5. The molecule has 4 heterocycles. The Bertz CT molecular complexity index is 696. The summed E-state index contributed by atoms with van der Waals surface area (Å²) in [5.41, 5.74) is 0.370. The first-order valence-corrected chi connectivity index (χ1v) is 8.12. The molecule has 2 unspecified atom stereocenters. The van der Waals surface area contributed by atoms with E-state index in [0.717, 1.165) is 18.7 Å². The number of likely N-dealkylation sites (N-methyl/N-ethyl adjacent to an activating group) is 1. The van der Waals surface area contributed by atoms with Crippen LogP contribution in [0.2, 0.25) is 0 Å². The number of piperidine rings is 1. The van der Waals surface area contributed by atoms with Crippen molar-refractivity contribution in [2.45, 2.75) is 18.9 Å². The maximum atomic E-state index is 12.7. The number of anilines is 1. The lowest BCUT2D eigenvalue weighted by molar-refractivity contribution is -0.145. The Labute approximate surface area is 141 Å². The topological polar surface area (TPSA) is 80.5 Å². The Kier molecular flexibility index (Phi) is 4.38. The second-order valence-electron chi connectivity index (χ2n) is 6.58. The summed E-state index contributed by atoms with van der Waals surface area (Å²) in [6, 6.07) is 7.40. The third-order valence-corrected chi connectivity index (χ3v) is 4.77. The number of hydrogen-bond donors (Lipinski definition) is 0. The van der Waals surface area contributed by atoms with Gasteiger partial charge in [-0.3, -0.25) is 9.59 Å². The van der Waals surface area contributed by atoms with Gasteiger partial charge in [0.05, 0.1) is 5.92 Å². The van der Waals surface area contributed by atoms with Gasteiger partial charge in [-0.2, -0.15) is 5.26 Å². The van der Waals surface area contributed by atoms with Gasteiger partial charge >= 0.3 is 0 Å². The van der Waals surface area contributed by atoms with Crippen molar-refractivity contribution < 1.29 is 9.59 Å². The predicted molar refractivity (Wildman–Crippen MR) is 88.1 cm³/mol. The first-order chi connectivity index (χ1) is 11.5. The van der Waals surface area contributed by atoms with Crippen LogP contribution in [-0.2, 0) is 9.59 Å². The molecule has 0 saturated carbocycles. The third-order valence-electron chi connectivity index (χ3n) is 4.77. The normalized spacial score (nSPS) is 23.0. The summed E-state index contributed by atoms with van der Waals surface area (Å²) >= 11 is 0. The molecule has 7 nitrogen and oxygen atoms in total. The number of carbonyl (C=O) groups excluding carboxylic acids is 2. The van der Waals surface area contributed by atoms with E-state index in [1.165, 1.54) is 4.90 Å². The van der Waals surface area contributed by atoms with Gasteiger partial charge in [-0.1, -0.05) is 6.07 Å². The van der Waals surface area contributed by atoms with E-state index >= 15 is 0 Å². The molecule has 4 rings (SSSR count). The first-order valence-electron chi connectivity index (χ1n) is 8.12. The minimum Gasteiger partial charge on any atom is -0.354 e. The van der Waals surface area contributed by atoms with E-state index in [1.807, 2.05) is 12.1 Å². The van der Waals surface area contributed by atoms with Crippen LogP contribution in [0.25, 0.3) is 0 Å². The molecule has 0 radical (unpaired) electrons. The zero-order valence-electron chi connectivity index (χ0n) is 14.0. The van der Waals surface area contributed by atoms with Crippen molar-refractivity contribution in [3.8, 4) is 6.07 Å². The van der Waals surface area contributed by atoms with Crippen molar-refractivity contribution in [2.24, 2.45) is 5.92 Å². The summed E-state index contributed by atoms with van der Waals surface area (Å²) in [4.78, 5) is 34.4. The van der Waals surface area contributed by atoms with Crippen molar-refractivity contribution in [3.05, 3.63) is 23.9 Å². The van der Waals surface area contributed by atoms with Crippen LogP contribution in [0.3, 0.4) is 0 Å².